The fourth-order valence-corrected chi connectivity index (χ4v) is 6.31. The number of benzene rings is 3. The largest absolute Gasteiger partial charge is 0.458 e. The van der Waals surface area contributed by atoms with Crippen LogP contribution >= 0.6 is 8.60 Å². The van der Waals surface area contributed by atoms with E-state index in [9.17, 15) is 19.7 Å². The van der Waals surface area contributed by atoms with Crippen LogP contribution in [0.3, 0.4) is 0 Å². The summed E-state index contributed by atoms with van der Waals surface area (Å²) in [6, 6.07) is 22.6. The molecule has 0 saturated carbocycles. The Labute approximate surface area is 275 Å². The molecule has 0 aromatic heterocycles. The maximum absolute atomic E-state index is 13.4. The molecule has 0 saturated heterocycles. The minimum absolute atomic E-state index is 0.0211. The normalized spacial score (nSPS) is 14.9. The number of hydrogen-bond donors (Lipinski definition) is 1. The Morgan fingerprint density at radius 2 is 1.57 bits per heavy atom. The van der Waals surface area contributed by atoms with Gasteiger partial charge in [0, 0.05) is 12.0 Å². The molecule has 1 amide bonds. The Morgan fingerprint density at radius 1 is 0.979 bits per heavy atom. The van der Waals surface area contributed by atoms with Crippen LogP contribution in [-0.4, -0.2) is 47.9 Å². The predicted octanol–water partition coefficient (Wildman–Crippen LogP) is 7.48. The molecule has 4 atom stereocenters. The average Bonchev–Trinajstić information content (AvgIpc) is 3.35. The Hall–Kier alpha value is -4.40. The monoisotopic (exact) mass is 663 g/mol. The molecule has 4 rings (SSSR count). The maximum Gasteiger partial charge on any atom is 0.407 e. The minimum Gasteiger partial charge on any atom is -0.458 e. The van der Waals surface area contributed by atoms with Gasteiger partial charge in [-0.15, -0.1) is 0 Å². The summed E-state index contributed by atoms with van der Waals surface area (Å²) in [5.41, 5.74) is 3.47. The number of ether oxygens (including phenoxy) is 2. The lowest BCUT2D eigenvalue weighted by atomic mass is 9.98. The van der Waals surface area contributed by atoms with Gasteiger partial charge in [0.2, 0.25) is 0 Å². The molecular formula is C34H38N3O9P. The molecule has 0 radical (unpaired) electrons. The molecule has 1 aliphatic rings. The summed E-state index contributed by atoms with van der Waals surface area (Å²) < 4.78 is 29.0. The number of alkyl carbamates (subject to hydrolysis) is 1. The molecule has 1 aliphatic carbocycles. The van der Waals surface area contributed by atoms with Crippen LogP contribution in [0.25, 0.3) is 11.1 Å². The molecule has 0 fully saturated rings. The molecule has 248 valence electrons. The predicted molar refractivity (Wildman–Crippen MR) is 174 cm³/mol. The van der Waals surface area contributed by atoms with Crippen molar-refractivity contribution in [3.8, 4) is 17.2 Å². The number of fused-ring (bicyclic) bond motifs is 3. The van der Waals surface area contributed by atoms with Crippen LogP contribution in [0.1, 0.15) is 69.8 Å². The second-order valence-electron chi connectivity index (χ2n) is 11.8. The zero-order valence-electron chi connectivity index (χ0n) is 26.9. The van der Waals surface area contributed by atoms with E-state index >= 15 is 0 Å². The number of para-hydroxylation sites is 1. The maximum atomic E-state index is 13.4. The van der Waals surface area contributed by atoms with E-state index in [2.05, 4.69) is 5.32 Å². The highest BCUT2D eigenvalue weighted by atomic mass is 31.2. The number of carbonyl (C=O) groups is 2. The lowest BCUT2D eigenvalue weighted by Crippen LogP contribution is -2.51. The Morgan fingerprint density at radius 3 is 2.17 bits per heavy atom. The van der Waals surface area contributed by atoms with Crippen LogP contribution < -0.4 is 5.32 Å². The van der Waals surface area contributed by atoms with E-state index in [0.717, 1.165) is 22.3 Å². The Bertz CT molecular complexity index is 1580. The van der Waals surface area contributed by atoms with E-state index in [1.807, 2.05) is 54.6 Å². The first-order chi connectivity index (χ1) is 22.4. The summed E-state index contributed by atoms with van der Waals surface area (Å²) in [7, 11) is -2.27. The van der Waals surface area contributed by atoms with Crippen molar-refractivity contribution in [2.45, 2.75) is 70.8 Å². The van der Waals surface area contributed by atoms with Gasteiger partial charge >= 0.3 is 20.7 Å². The fraction of sp³-hybridized carbons (Fsp3) is 0.382. The van der Waals surface area contributed by atoms with Gasteiger partial charge in [-0.05, 0) is 62.9 Å². The molecular weight excluding hydrogens is 625 g/mol. The molecule has 3 unspecified atom stereocenters. The van der Waals surface area contributed by atoms with Gasteiger partial charge in [0.15, 0.2) is 6.04 Å². The van der Waals surface area contributed by atoms with Gasteiger partial charge in [-0.1, -0.05) is 60.7 Å². The van der Waals surface area contributed by atoms with Crippen molar-refractivity contribution >= 4 is 26.4 Å². The van der Waals surface area contributed by atoms with Crippen molar-refractivity contribution < 1.29 is 37.6 Å². The molecule has 13 heteroatoms. The zero-order valence-corrected chi connectivity index (χ0v) is 27.8. The number of amides is 1. The molecule has 0 spiro atoms. The number of nitro groups is 1. The standard InChI is InChI=1S/C34H38N3O9P/c1-22(24-13-10-11-18-30(24)37(40)41)45-47(43-20-12-19-35)46-23(2)31(32(38)44-34(3,4)5)36-33(39)42-21-29-27-16-8-6-14-25(27)26-15-7-9-17-28(26)29/h6-11,13-18,22-23,29,31H,12,20-21H2,1-5H3,(H,36,39)/t22?,23?,31-,47?/m0/s1. The average molecular weight is 664 g/mol. The van der Waals surface area contributed by atoms with Gasteiger partial charge in [-0.25, -0.2) is 9.59 Å². The lowest BCUT2D eigenvalue weighted by molar-refractivity contribution is -0.386. The van der Waals surface area contributed by atoms with Crippen LogP contribution in [-0.2, 0) is 27.8 Å². The first-order valence-electron chi connectivity index (χ1n) is 15.1. The summed E-state index contributed by atoms with van der Waals surface area (Å²) in [6.07, 6.45) is -2.77. The van der Waals surface area contributed by atoms with Gasteiger partial charge in [-0.2, -0.15) is 5.26 Å². The third-order valence-corrected chi connectivity index (χ3v) is 8.61. The highest BCUT2D eigenvalue weighted by Gasteiger charge is 2.36. The van der Waals surface area contributed by atoms with Gasteiger partial charge in [0.1, 0.15) is 12.2 Å². The second kappa shape index (κ2) is 15.9. The summed E-state index contributed by atoms with van der Waals surface area (Å²) in [5, 5.41) is 23.2. The summed E-state index contributed by atoms with van der Waals surface area (Å²) in [4.78, 5) is 37.7. The van der Waals surface area contributed by atoms with Crippen LogP contribution in [0.15, 0.2) is 72.8 Å². The number of nitrogens with one attached hydrogen (secondary N) is 1. The van der Waals surface area contributed by atoms with Gasteiger partial charge in [0.25, 0.3) is 5.69 Å². The third kappa shape index (κ3) is 9.33. The molecule has 0 heterocycles. The van der Waals surface area contributed by atoms with Crippen molar-refractivity contribution in [1.29, 1.82) is 5.26 Å². The Balaban J connectivity index is 1.50. The summed E-state index contributed by atoms with van der Waals surface area (Å²) in [5.74, 6) is -0.975. The van der Waals surface area contributed by atoms with Crippen LogP contribution in [0.5, 0.6) is 0 Å². The summed E-state index contributed by atoms with van der Waals surface area (Å²) >= 11 is 0. The van der Waals surface area contributed by atoms with Gasteiger partial charge < -0.3 is 28.4 Å². The first kappa shape index (κ1) is 35.5. The van der Waals surface area contributed by atoms with Crippen molar-refractivity contribution in [2.24, 2.45) is 0 Å². The smallest absolute Gasteiger partial charge is 0.407 e. The van der Waals surface area contributed by atoms with E-state index in [1.165, 1.54) is 13.0 Å². The van der Waals surface area contributed by atoms with E-state index in [4.69, 9.17) is 28.3 Å². The van der Waals surface area contributed by atoms with E-state index in [1.54, 1.807) is 45.9 Å². The quantitative estimate of drug-likeness (QED) is 0.0602. The third-order valence-electron chi connectivity index (χ3n) is 7.23. The van der Waals surface area contributed by atoms with Crippen molar-refractivity contribution in [2.75, 3.05) is 13.2 Å². The number of nitrogens with zero attached hydrogens (tertiary/aromatic N) is 2. The van der Waals surface area contributed by atoms with E-state index < -0.39 is 49.4 Å². The molecule has 12 nitrogen and oxygen atoms in total. The number of rotatable bonds is 14. The zero-order chi connectivity index (χ0) is 34.1. The molecule has 0 bridgehead atoms. The Kier molecular flexibility index (Phi) is 12.0. The van der Waals surface area contributed by atoms with Crippen molar-refractivity contribution in [1.82, 2.24) is 5.32 Å². The molecule has 3 aromatic rings. The highest BCUT2D eigenvalue weighted by molar-refractivity contribution is 7.41. The number of nitro benzene ring substituents is 1. The van der Waals surface area contributed by atoms with Crippen molar-refractivity contribution in [3.63, 3.8) is 0 Å². The second-order valence-corrected chi connectivity index (χ2v) is 12.9. The first-order valence-corrected chi connectivity index (χ1v) is 16.2. The van der Waals surface area contributed by atoms with Crippen LogP contribution in [0, 0.1) is 21.4 Å². The number of carbonyl (C=O) groups excluding carboxylic acids is 2. The molecule has 3 aromatic carbocycles. The topological polar surface area (TPSA) is 159 Å². The lowest BCUT2D eigenvalue weighted by Gasteiger charge is -2.30. The molecule has 47 heavy (non-hydrogen) atoms. The summed E-state index contributed by atoms with van der Waals surface area (Å²) in [6.45, 7) is 8.16. The number of hydrogen-bond acceptors (Lipinski definition) is 10. The van der Waals surface area contributed by atoms with Gasteiger partial charge in [0.05, 0.1) is 41.8 Å². The minimum atomic E-state index is -2.27. The highest BCUT2D eigenvalue weighted by Crippen LogP contribution is 2.47. The number of esters is 1. The molecule has 0 aliphatic heterocycles. The van der Waals surface area contributed by atoms with Crippen LogP contribution in [0.4, 0.5) is 10.5 Å². The van der Waals surface area contributed by atoms with E-state index in [-0.39, 0.29) is 36.8 Å². The SMILES string of the molecule is CC(OP(OCCC#N)OC(C)[C@H](NC(=O)OCC1c2ccccc2-c2ccccc21)C(=O)OC(C)(C)C)c1ccccc1[N+](=O)[O-]. The van der Waals surface area contributed by atoms with Gasteiger partial charge in [-0.3, -0.25) is 10.1 Å². The fourth-order valence-electron chi connectivity index (χ4n) is 5.13. The van der Waals surface area contributed by atoms with Crippen molar-refractivity contribution in [3.05, 3.63) is 99.6 Å². The van der Waals surface area contributed by atoms with Crippen LogP contribution in [0.2, 0.25) is 0 Å². The molecule has 1 N–H and O–H groups in total. The number of nitriles is 1. The van der Waals surface area contributed by atoms with E-state index in [0.29, 0.717) is 0 Å².